The van der Waals surface area contributed by atoms with Crippen molar-refractivity contribution in [2.24, 2.45) is 51.8 Å². The summed E-state index contributed by atoms with van der Waals surface area (Å²) in [5, 5.41) is 10.3. The number of imide groups is 1. The number of hydrogen-bond acceptors (Lipinski definition) is 3. The molecule has 1 aliphatic heterocycles. The summed E-state index contributed by atoms with van der Waals surface area (Å²) >= 11 is 0. The zero-order valence-electron chi connectivity index (χ0n) is 22.2. The van der Waals surface area contributed by atoms with Gasteiger partial charge in [-0.25, -0.2) is 4.90 Å². The number of aryl methyl sites for hydroxylation is 1. The molecule has 4 fully saturated rings. The standard InChI is InChI=1S/C31H39NO4/c1-17(2)21-16-31-13-10-22-29(4,11-7-12-30(22,5)28(35)36)23(31)15-20(21)24-25(31)27(34)32(26(24)33)19-9-6-8-18(3)14-19/h6,8-9,14,16-17,20,22-25H,7,10-13,15H2,1-5H3,(H,35,36)/t20-,22+,23+,24-,25+,29+,30-,31+/m1/s1. The summed E-state index contributed by atoms with van der Waals surface area (Å²) in [5.74, 6) is -0.679. The highest BCUT2D eigenvalue weighted by atomic mass is 16.4. The van der Waals surface area contributed by atoms with Crippen molar-refractivity contribution in [3.63, 3.8) is 0 Å². The zero-order chi connectivity index (χ0) is 25.8. The van der Waals surface area contributed by atoms with Crippen molar-refractivity contribution >= 4 is 23.5 Å². The van der Waals surface area contributed by atoms with E-state index in [1.807, 2.05) is 38.1 Å². The Hall–Kier alpha value is -2.43. The van der Waals surface area contributed by atoms with Gasteiger partial charge in [-0.05, 0) is 92.7 Å². The largest absolute Gasteiger partial charge is 0.481 e. The third-order valence-corrected chi connectivity index (χ3v) is 11.4. The lowest BCUT2D eigenvalue weighted by molar-refractivity contribution is -0.194. The number of rotatable bonds is 3. The van der Waals surface area contributed by atoms with Gasteiger partial charge in [0.15, 0.2) is 0 Å². The molecule has 1 heterocycles. The number of benzene rings is 1. The number of carboxylic acids is 1. The van der Waals surface area contributed by atoms with Crippen molar-refractivity contribution in [3.05, 3.63) is 41.5 Å². The van der Waals surface area contributed by atoms with Gasteiger partial charge in [0.2, 0.25) is 11.8 Å². The van der Waals surface area contributed by atoms with E-state index in [1.54, 1.807) is 0 Å². The highest BCUT2D eigenvalue weighted by Crippen LogP contribution is 2.74. The maximum atomic E-state index is 14.3. The van der Waals surface area contributed by atoms with Gasteiger partial charge in [0.25, 0.3) is 0 Å². The molecular formula is C31H39NO4. The van der Waals surface area contributed by atoms with Crippen molar-refractivity contribution in [2.75, 3.05) is 4.90 Å². The van der Waals surface area contributed by atoms with E-state index in [-0.39, 0.29) is 52.2 Å². The summed E-state index contributed by atoms with van der Waals surface area (Å²) in [4.78, 5) is 42.3. The number of anilines is 1. The van der Waals surface area contributed by atoms with E-state index in [0.717, 1.165) is 44.1 Å². The van der Waals surface area contributed by atoms with Gasteiger partial charge in [0.1, 0.15) is 0 Å². The first-order valence-corrected chi connectivity index (χ1v) is 13.9. The summed E-state index contributed by atoms with van der Waals surface area (Å²) in [6.07, 6.45) is 7.58. The predicted molar refractivity (Wildman–Crippen MR) is 138 cm³/mol. The summed E-state index contributed by atoms with van der Waals surface area (Å²) < 4.78 is 0. The van der Waals surface area contributed by atoms with Gasteiger partial charge in [-0.2, -0.15) is 0 Å². The molecule has 1 aromatic carbocycles. The second-order valence-electron chi connectivity index (χ2n) is 13.3. The third-order valence-electron chi connectivity index (χ3n) is 11.4. The number of amides is 2. The fraction of sp³-hybridized carbons (Fsp3) is 0.645. The molecule has 3 saturated carbocycles. The van der Waals surface area contributed by atoms with E-state index < -0.39 is 11.4 Å². The number of allylic oxidation sites excluding steroid dienone is 2. The topological polar surface area (TPSA) is 74.7 Å². The molecule has 7 rings (SSSR count). The predicted octanol–water partition coefficient (Wildman–Crippen LogP) is 6.01. The van der Waals surface area contributed by atoms with E-state index in [1.165, 1.54) is 10.5 Å². The molecule has 5 heteroatoms. The molecule has 0 radical (unpaired) electrons. The van der Waals surface area contributed by atoms with Crippen LogP contribution in [0.25, 0.3) is 0 Å². The molecule has 2 bridgehead atoms. The SMILES string of the molecule is Cc1cccc(N2C(=O)[C@@H]3[C@@H]4C[C@H]5[C@@]6(C)CCC[C@@](C)(C(=O)O)[C@H]6CC[C@@]5(C=C4C(C)C)[C@@H]3C2=O)c1. The molecule has 5 nitrogen and oxygen atoms in total. The molecular weight excluding hydrogens is 450 g/mol. The lowest BCUT2D eigenvalue weighted by Crippen LogP contribution is -2.65. The maximum Gasteiger partial charge on any atom is 0.309 e. The Kier molecular flexibility index (Phi) is 5.02. The minimum Gasteiger partial charge on any atom is -0.481 e. The Morgan fingerprint density at radius 1 is 1.08 bits per heavy atom. The van der Waals surface area contributed by atoms with Crippen LogP contribution < -0.4 is 4.90 Å². The van der Waals surface area contributed by atoms with Crippen LogP contribution in [0.4, 0.5) is 5.69 Å². The second-order valence-corrected chi connectivity index (χ2v) is 13.3. The van der Waals surface area contributed by atoms with Crippen LogP contribution in [0.5, 0.6) is 0 Å². The normalized spacial score (nSPS) is 43.2. The maximum absolute atomic E-state index is 14.3. The van der Waals surface area contributed by atoms with Crippen LogP contribution in [0.3, 0.4) is 0 Å². The van der Waals surface area contributed by atoms with Crippen LogP contribution in [-0.4, -0.2) is 22.9 Å². The number of carbonyl (C=O) groups is 3. The monoisotopic (exact) mass is 489 g/mol. The Labute approximate surface area is 214 Å². The minimum absolute atomic E-state index is 0.0315. The van der Waals surface area contributed by atoms with Crippen molar-refractivity contribution in [1.29, 1.82) is 0 Å². The molecule has 0 aromatic heterocycles. The van der Waals surface area contributed by atoms with E-state index in [4.69, 9.17) is 0 Å². The Morgan fingerprint density at radius 3 is 2.50 bits per heavy atom. The number of hydrogen-bond donors (Lipinski definition) is 1. The Balaban J connectivity index is 1.50. The molecule has 2 amide bonds. The minimum atomic E-state index is -0.724. The van der Waals surface area contributed by atoms with Crippen LogP contribution in [0.15, 0.2) is 35.9 Å². The number of fused-ring (bicyclic) bond motifs is 1. The second kappa shape index (κ2) is 7.55. The van der Waals surface area contributed by atoms with E-state index >= 15 is 0 Å². The lowest BCUT2D eigenvalue weighted by Gasteiger charge is -2.68. The highest BCUT2D eigenvalue weighted by Gasteiger charge is 2.73. The summed E-state index contributed by atoms with van der Waals surface area (Å²) in [6.45, 7) is 10.7. The summed E-state index contributed by atoms with van der Waals surface area (Å²) in [5.41, 5.74) is 1.83. The van der Waals surface area contributed by atoms with Gasteiger partial charge in [0.05, 0.1) is 22.9 Å². The van der Waals surface area contributed by atoms with E-state index in [9.17, 15) is 19.5 Å². The summed E-state index contributed by atoms with van der Waals surface area (Å²) in [7, 11) is 0. The van der Waals surface area contributed by atoms with Crippen LogP contribution in [0.2, 0.25) is 0 Å². The molecule has 1 N–H and O–H groups in total. The molecule has 1 spiro atoms. The van der Waals surface area contributed by atoms with Crippen LogP contribution in [0, 0.1) is 58.7 Å². The molecule has 1 aromatic rings. The molecule has 6 aliphatic rings. The van der Waals surface area contributed by atoms with E-state index in [2.05, 4.69) is 26.8 Å². The lowest BCUT2D eigenvalue weighted by atomic mass is 9.34. The molecule has 0 unspecified atom stereocenters. The van der Waals surface area contributed by atoms with Crippen LogP contribution in [-0.2, 0) is 14.4 Å². The average molecular weight is 490 g/mol. The van der Waals surface area contributed by atoms with Crippen LogP contribution >= 0.6 is 0 Å². The molecule has 8 atom stereocenters. The van der Waals surface area contributed by atoms with Gasteiger partial charge >= 0.3 is 5.97 Å². The van der Waals surface area contributed by atoms with Crippen molar-refractivity contribution in [3.8, 4) is 0 Å². The van der Waals surface area contributed by atoms with Gasteiger partial charge in [-0.15, -0.1) is 0 Å². The first-order chi connectivity index (χ1) is 17.0. The zero-order valence-corrected chi connectivity index (χ0v) is 22.2. The summed E-state index contributed by atoms with van der Waals surface area (Å²) in [6, 6.07) is 7.73. The number of aliphatic carboxylic acids is 1. The smallest absolute Gasteiger partial charge is 0.309 e. The van der Waals surface area contributed by atoms with Crippen molar-refractivity contribution in [2.45, 2.75) is 73.1 Å². The fourth-order valence-electron chi connectivity index (χ4n) is 9.98. The molecule has 192 valence electrons. The molecule has 5 aliphatic carbocycles. The first kappa shape index (κ1) is 23.9. The van der Waals surface area contributed by atoms with Gasteiger partial charge in [0, 0.05) is 5.41 Å². The van der Waals surface area contributed by atoms with Crippen LogP contribution in [0.1, 0.15) is 71.8 Å². The number of nitrogens with zero attached hydrogens (tertiary/aromatic N) is 1. The number of carboxylic acid groups (broad SMARTS) is 1. The number of carbonyl (C=O) groups excluding carboxylic acids is 2. The van der Waals surface area contributed by atoms with Crippen molar-refractivity contribution < 1.29 is 19.5 Å². The highest BCUT2D eigenvalue weighted by molar-refractivity contribution is 6.23. The van der Waals surface area contributed by atoms with Crippen molar-refractivity contribution in [1.82, 2.24) is 0 Å². The third kappa shape index (κ3) is 2.80. The van der Waals surface area contributed by atoms with Gasteiger partial charge in [-0.3, -0.25) is 14.4 Å². The van der Waals surface area contributed by atoms with E-state index in [0.29, 0.717) is 11.6 Å². The van der Waals surface area contributed by atoms with Gasteiger partial charge in [-0.1, -0.05) is 51.0 Å². The van der Waals surface area contributed by atoms with Gasteiger partial charge < -0.3 is 5.11 Å². The quantitative estimate of drug-likeness (QED) is 0.417. The molecule has 1 saturated heterocycles. The average Bonchev–Trinajstić information content (AvgIpc) is 3.10. The molecule has 36 heavy (non-hydrogen) atoms. The first-order valence-electron chi connectivity index (χ1n) is 13.9. The Bertz CT molecular complexity index is 1200. The Morgan fingerprint density at radius 2 is 1.83 bits per heavy atom. The fourth-order valence-corrected chi connectivity index (χ4v) is 9.98.